The Labute approximate surface area is 423 Å². The number of hydrogen-bond donors (Lipinski definition) is 2. The molecule has 0 atom stereocenters. The van der Waals surface area contributed by atoms with Crippen molar-refractivity contribution in [3.05, 3.63) is 183 Å². The number of nitrogens with zero attached hydrogens (tertiary/aromatic N) is 10. The van der Waals surface area contributed by atoms with Crippen LogP contribution in [0.3, 0.4) is 0 Å². The number of halogens is 5. The fourth-order valence-corrected chi connectivity index (χ4v) is 8.68. The van der Waals surface area contributed by atoms with E-state index in [0.29, 0.717) is 77.7 Å². The fraction of sp³-hybridized carbons (Fsp3) is 0.283. The summed E-state index contributed by atoms with van der Waals surface area (Å²) >= 11 is 24.2. The second-order valence-electron chi connectivity index (χ2n) is 15.8. The van der Waals surface area contributed by atoms with E-state index in [9.17, 15) is 28.8 Å². The van der Waals surface area contributed by atoms with Crippen molar-refractivity contribution in [1.29, 1.82) is 0 Å². The standard InChI is InChI=1S/C16H16BrClN4O2.C15H14BrClN4O2.C15H15ClN4O2/c1-3-8-21-13-12(20(2)15(17)19-13)14(23)22(16(21)24)9-10-4-6-11(18)7-5-10;1-2-7-20-12-11(18-14(16)19-12)13(22)21(15(20)23)8-9-3-5-10(17)6-4-9;1-2-7-19-13-12(17-9-18-13)14(21)20(15(19)22)8-10-3-5-11(16)6-4-10/h4-7H,3,8-9H2,1-2H3;3-6H,2,7-8H2,1H3,(H,18,19);3-6,9H,2,7-8H2,1H3,(H,17,18). The molecule has 0 saturated heterocycles. The summed E-state index contributed by atoms with van der Waals surface area (Å²) in [5.41, 5.74) is 2.61. The van der Waals surface area contributed by atoms with Crippen molar-refractivity contribution in [2.45, 2.75) is 79.3 Å². The minimum atomic E-state index is -0.384. The van der Waals surface area contributed by atoms with Gasteiger partial charge in [0.05, 0.1) is 26.0 Å². The Kier molecular flexibility index (Phi) is 16.3. The molecule has 0 amide bonds. The predicted molar refractivity (Wildman–Crippen MR) is 276 cm³/mol. The molecule has 0 unspecified atom stereocenters. The Morgan fingerprint density at radius 3 is 1.33 bits per heavy atom. The van der Waals surface area contributed by atoms with Crippen LogP contribution in [0.2, 0.25) is 15.1 Å². The number of aromatic nitrogens is 12. The minimum Gasteiger partial charge on any atom is -0.339 e. The summed E-state index contributed by atoms with van der Waals surface area (Å²) in [7, 11) is 1.74. The first kappa shape index (κ1) is 50.8. The number of benzene rings is 3. The van der Waals surface area contributed by atoms with Gasteiger partial charge < -0.3 is 14.5 Å². The van der Waals surface area contributed by atoms with Crippen LogP contribution in [0.15, 0.2) is 117 Å². The predicted octanol–water partition coefficient (Wildman–Crippen LogP) is 7.53. The molecule has 2 N–H and O–H groups in total. The van der Waals surface area contributed by atoms with Crippen molar-refractivity contribution < 1.29 is 0 Å². The maximum absolute atomic E-state index is 12.9. The highest BCUT2D eigenvalue weighted by Gasteiger charge is 2.20. The number of aryl methyl sites for hydroxylation is 4. The average Bonchev–Trinajstić information content (AvgIpc) is 4.06. The number of imidazole rings is 3. The zero-order valence-electron chi connectivity index (χ0n) is 37.7. The van der Waals surface area contributed by atoms with Gasteiger partial charge in [0.1, 0.15) is 5.52 Å². The van der Waals surface area contributed by atoms with Gasteiger partial charge in [-0.25, -0.2) is 29.3 Å². The summed E-state index contributed by atoms with van der Waals surface area (Å²) in [6.07, 6.45) is 3.74. The SMILES string of the molecule is CCCn1c(=O)n(Cc2ccc(Cl)cc2)c(=O)c2[nH]c(Br)nc21.CCCn1c(=O)n(Cc2ccc(Cl)cc2)c(=O)c2[nH]cnc21.CCCn1c(=O)n(Cc2ccc(Cl)cc2)c(=O)c2c1nc(Br)n2C. The van der Waals surface area contributed by atoms with E-state index in [1.54, 1.807) is 76.8 Å². The molecule has 9 rings (SSSR count). The van der Waals surface area contributed by atoms with E-state index < -0.39 is 0 Å². The molecular weight excluding hydrogens is 1080 g/mol. The van der Waals surface area contributed by atoms with Crippen LogP contribution in [0.1, 0.15) is 56.7 Å². The van der Waals surface area contributed by atoms with Crippen molar-refractivity contribution >= 4 is 100 Å². The molecule has 0 aliphatic carbocycles. The molecule has 0 aliphatic rings. The number of rotatable bonds is 12. The lowest BCUT2D eigenvalue weighted by Gasteiger charge is -2.11. The van der Waals surface area contributed by atoms with E-state index in [1.165, 1.54) is 29.2 Å². The van der Waals surface area contributed by atoms with Crippen LogP contribution in [-0.4, -0.2) is 56.9 Å². The van der Waals surface area contributed by atoms with Gasteiger partial charge >= 0.3 is 17.1 Å². The molecule has 9 aromatic rings. The molecule has 0 spiro atoms. The highest BCUT2D eigenvalue weighted by atomic mass is 79.9. The van der Waals surface area contributed by atoms with Crippen LogP contribution >= 0.6 is 66.7 Å². The van der Waals surface area contributed by atoms with Crippen molar-refractivity contribution in [2.24, 2.45) is 7.05 Å². The lowest BCUT2D eigenvalue weighted by molar-refractivity contribution is 0.588. The first-order chi connectivity index (χ1) is 33.1. The van der Waals surface area contributed by atoms with Crippen LogP contribution in [0.4, 0.5) is 0 Å². The second kappa shape index (κ2) is 22.1. The normalized spacial score (nSPS) is 11.3. The molecule has 6 heterocycles. The molecule has 0 aliphatic heterocycles. The number of aromatic amines is 2. The summed E-state index contributed by atoms with van der Waals surface area (Å²) in [4.78, 5) is 94.4. The maximum atomic E-state index is 12.9. The van der Waals surface area contributed by atoms with E-state index in [0.717, 1.165) is 36.0 Å². The average molecular weight is 1130 g/mol. The monoisotopic (exact) mass is 1120 g/mol. The first-order valence-corrected chi connectivity index (χ1v) is 24.4. The number of nitrogens with one attached hydrogen (secondary N) is 2. The Hall–Kier alpha value is -6.06. The zero-order chi connectivity index (χ0) is 49.7. The van der Waals surface area contributed by atoms with E-state index >= 15 is 0 Å². The smallest absolute Gasteiger partial charge is 0.333 e. The molecular formula is C46H45Br2Cl3N12O6. The summed E-state index contributed by atoms with van der Waals surface area (Å²) in [5.74, 6) is 0. The third-order valence-electron chi connectivity index (χ3n) is 10.9. The summed E-state index contributed by atoms with van der Waals surface area (Å²) in [6, 6.07) is 21.2. The Morgan fingerprint density at radius 1 is 0.507 bits per heavy atom. The quantitative estimate of drug-likeness (QED) is 0.116. The van der Waals surface area contributed by atoms with Gasteiger partial charge in [0.2, 0.25) is 0 Å². The molecule has 0 saturated carbocycles. The third-order valence-corrected chi connectivity index (χ3v) is 12.8. The second-order valence-corrected chi connectivity index (χ2v) is 18.6. The van der Waals surface area contributed by atoms with Crippen LogP contribution in [0.5, 0.6) is 0 Å². The molecule has 360 valence electrons. The molecule has 3 aromatic carbocycles. The Balaban J connectivity index is 0.000000153. The van der Waals surface area contributed by atoms with Crippen LogP contribution < -0.4 is 33.7 Å². The van der Waals surface area contributed by atoms with Crippen molar-refractivity contribution in [3.8, 4) is 0 Å². The van der Waals surface area contributed by atoms with Gasteiger partial charge in [-0.3, -0.25) is 41.8 Å². The van der Waals surface area contributed by atoms with Crippen molar-refractivity contribution in [2.75, 3.05) is 0 Å². The summed E-state index contributed by atoms with van der Waals surface area (Å²) in [5, 5.41) is 1.83. The molecule has 23 heteroatoms. The molecule has 69 heavy (non-hydrogen) atoms. The fourth-order valence-electron chi connectivity index (χ4n) is 7.59. The summed E-state index contributed by atoms with van der Waals surface area (Å²) < 4.78 is 10.9. The maximum Gasteiger partial charge on any atom is 0.333 e. The molecule has 6 aromatic heterocycles. The van der Waals surface area contributed by atoms with E-state index in [4.69, 9.17) is 34.8 Å². The van der Waals surface area contributed by atoms with Crippen molar-refractivity contribution in [1.82, 2.24) is 56.9 Å². The highest BCUT2D eigenvalue weighted by molar-refractivity contribution is 9.10. The van der Waals surface area contributed by atoms with Gasteiger partial charge in [0, 0.05) is 41.7 Å². The lowest BCUT2D eigenvalue weighted by Crippen LogP contribution is -2.40. The van der Waals surface area contributed by atoms with E-state index in [-0.39, 0.29) is 53.4 Å². The highest BCUT2D eigenvalue weighted by Crippen LogP contribution is 2.17. The van der Waals surface area contributed by atoms with Gasteiger partial charge in [-0.2, -0.15) is 0 Å². The van der Waals surface area contributed by atoms with Gasteiger partial charge in [0.25, 0.3) is 16.7 Å². The lowest BCUT2D eigenvalue weighted by atomic mass is 10.2. The van der Waals surface area contributed by atoms with Gasteiger partial charge in [-0.1, -0.05) is 92.0 Å². The Bertz CT molecular complexity index is 3680. The third kappa shape index (κ3) is 10.9. The van der Waals surface area contributed by atoms with Crippen LogP contribution in [0.25, 0.3) is 33.5 Å². The van der Waals surface area contributed by atoms with Gasteiger partial charge in [0.15, 0.2) is 37.4 Å². The molecule has 0 bridgehead atoms. The zero-order valence-corrected chi connectivity index (χ0v) is 43.1. The van der Waals surface area contributed by atoms with E-state index in [2.05, 4.69) is 56.8 Å². The Morgan fingerprint density at radius 2 is 0.899 bits per heavy atom. The molecule has 0 fully saturated rings. The number of fused-ring (bicyclic) bond motifs is 3. The number of hydrogen-bond acceptors (Lipinski definition) is 9. The first-order valence-electron chi connectivity index (χ1n) is 21.7. The number of H-pyrrole nitrogens is 2. The van der Waals surface area contributed by atoms with Gasteiger partial charge in [-0.05, 0) is 104 Å². The minimum absolute atomic E-state index is 0.186. The van der Waals surface area contributed by atoms with Crippen LogP contribution in [0, 0.1) is 0 Å². The summed E-state index contributed by atoms with van der Waals surface area (Å²) in [6.45, 7) is 8.00. The molecule has 0 radical (unpaired) electrons. The van der Waals surface area contributed by atoms with Crippen molar-refractivity contribution in [3.63, 3.8) is 0 Å². The van der Waals surface area contributed by atoms with Gasteiger partial charge in [-0.15, -0.1) is 0 Å². The van der Waals surface area contributed by atoms with Crippen LogP contribution in [-0.2, 0) is 46.3 Å². The van der Waals surface area contributed by atoms with E-state index in [1.807, 2.05) is 32.9 Å². The topological polar surface area (TPSA) is 207 Å². The largest absolute Gasteiger partial charge is 0.339 e. The molecule has 18 nitrogen and oxygen atoms in total.